The first kappa shape index (κ1) is 16.5. The lowest BCUT2D eigenvalue weighted by molar-refractivity contribution is 0.00458. The molecule has 4 rings (SSSR count). The Bertz CT molecular complexity index is 766. The minimum atomic E-state index is -0.111. The van der Waals surface area contributed by atoms with Crippen molar-refractivity contribution in [3.05, 3.63) is 34.6 Å². The molecule has 0 bridgehead atoms. The van der Waals surface area contributed by atoms with Crippen LogP contribution < -0.4 is 10.9 Å². The third kappa shape index (κ3) is 3.68. The van der Waals surface area contributed by atoms with Gasteiger partial charge in [0.15, 0.2) is 0 Å². The number of nitrogens with zero attached hydrogens (tertiary/aromatic N) is 2. The number of rotatable bonds is 5. The van der Waals surface area contributed by atoms with Crippen molar-refractivity contribution < 1.29 is 9.47 Å². The summed E-state index contributed by atoms with van der Waals surface area (Å²) in [6, 6.07) is 7.74. The molecule has 2 atom stereocenters. The number of fused-ring (bicyclic) bond motifs is 1. The second-order valence-corrected chi connectivity index (χ2v) is 6.65. The monoisotopic (exact) mass is 344 g/mol. The maximum atomic E-state index is 12.2. The Labute approximate surface area is 146 Å². The van der Waals surface area contributed by atoms with Crippen LogP contribution in [0.3, 0.4) is 0 Å². The lowest BCUT2D eigenvalue weighted by Gasteiger charge is -2.37. The molecule has 2 aliphatic heterocycles. The SMILES string of the molecule is O=c1[nH]c(NC[C@H]([C@H]2CCOC2)N2CCOCC2)nc2ccccc12. The molecule has 2 saturated heterocycles. The summed E-state index contributed by atoms with van der Waals surface area (Å²) in [4.78, 5) is 22.1. The van der Waals surface area contributed by atoms with Crippen molar-refractivity contribution >= 4 is 16.9 Å². The van der Waals surface area contributed by atoms with E-state index >= 15 is 0 Å². The van der Waals surface area contributed by atoms with Gasteiger partial charge < -0.3 is 14.8 Å². The van der Waals surface area contributed by atoms with Crippen molar-refractivity contribution in [2.75, 3.05) is 51.4 Å². The molecule has 25 heavy (non-hydrogen) atoms. The number of H-pyrrole nitrogens is 1. The smallest absolute Gasteiger partial charge is 0.260 e. The Morgan fingerprint density at radius 2 is 2.08 bits per heavy atom. The van der Waals surface area contributed by atoms with E-state index in [1.54, 1.807) is 6.07 Å². The number of hydrogen-bond donors (Lipinski definition) is 2. The molecule has 2 N–H and O–H groups in total. The van der Waals surface area contributed by atoms with Crippen LogP contribution in [0.2, 0.25) is 0 Å². The maximum Gasteiger partial charge on any atom is 0.260 e. The van der Waals surface area contributed by atoms with Crippen LogP contribution in [0.25, 0.3) is 10.9 Å². The van der Waals surface area contributed by atoms with Crippen molar-refractivity contribution in [2.45, 2.75) is 12.5 Å². The second kappa shape index (κ2) is 7.51. The summed E-state index contributed by atoms with van der Waals surface area (Å²) in [7, 11) is 0. The summed E-state index contributed by atoms with van der Waals surface area (Å²) >= 11 is 0. The third-order valence-electron chi connectivity index (χ3n) is 5.12. The van der Waals surface area contributed by atoms with E-state index < -0.39 is 0 Å². The lowest BCUT2D eigenvalue weighted by Crippen LogP contribution is -2.50. The van der Waals surface area contributed by atoms with Gasteiger partial charge in [-0.1, -0.05) is 12.1 Å². The zero-order chi connectivity index (χ0) is 17.1. The van der Waals surface area contributed by atoms with E-state index in [9.17, 15) is 4.79 Å². The van der Waals surface area contributed by atoms with Crippen LogP contribution in [0.5, 0.6) is 0 Å². The Morgan fingerprint density at radius 3 is 2.88 bits per heavy atom. The molecule has 3 heterocycles. The summed E-state index contributed by atoms with van der Waals surface area (Å²) in [5.74, 6) is 1.03. The van der Waals surface area contributed by atoms with E-state index in [1.165, 1.54) is 0 Å². The van der Waals surface area contributed by atoms with Crippen LogP contribution in [-0.4, -0.2) is 67.0 Å². The molecular weight excluding hydrogens is 320 g/mol. The van der Waals surface area contributed by atoms with Crippen LogP contribution in [0.4, 0.5) is 5.95 Å². The Hall–Kier alpha value is -1.96. The maximum absolute atomic E-state index is 12.2. The molecule has 0 unspecified atom stereocenters. The number of anilines is 1. The van der Waals surface area contributed by atoms with Crippen LogP contribution in [0.1, 0.15) is 6.42 Å². The normalized spacial score (nSPS) is 23.0. The number of para-hydroxylation sites is 1. The van der Waals surface area contributed by atoms with Gasteiger partial charge in [0.2, 0.25) is 5.95 Å². The minimum absolute atomic E-state index is 0.111. The molecule has 0 spiro atoms. The number of nitrogens with one attached hydrogen (secondary N) is 2. The van der Waals surface area contributed by atoms with E-state index in [0.29, 0.717) is 28.8 Å². The van der Waals surface area contributed by atoms with Crippen LogP contribution in [-0.2, 0) is 9.47 Å². The number of benzene rings is 1. The molecule has 134 valence electrons. The number of aromatic amines is 1. The molecule has 7 heteroatoms. The molecule has 0 saturated carbocycles. The van der Waals surface area contributed by atoms with Gasteiger partial charge in [-0.25, -0.2) is 4.98 Å². The van der Waals surface area contributed by atoms with Crippen LogP contribution in [0, 0.1) is 5.92 Å². The second-order valence-electron chi connectivity index (χ2n) is 6.65. The number of aromatic nitrogens is 2. The molecule has 2 aromatic rings. The standard InChI is InChI=1S/C18H24N4O3/c23-17-14-3-1-2-4-15(14)20-18(21-17)19-11-16(13-5-8-25-12-13)22-6-9-24-10-7-22/h1-4,13,16H,5-12H2,(H2,19,20,21,23)/t13-,16+/m0/s1. The van der Waals surface area contributed by atoms with Gasteiger partial charge in [0, 0.05) is 38.2 Å². The van der Waals surface area contributed by atoms with Crippen LogP contribution >= 0.6 is 0 Å². The highest BCUT2D eigenvalue weighted by atomic mass is 16.5. The van der Waals surface area contributed by atoms with E-state index in [2.05, 4.69) is 20.2 Å². The Kier molecular flexibility index (Phi) is 4.96. The molecular formula is C18H24N4O3. The van der Waals surface area contributed by atoms with Crippen LogP contribution in [0.15, 0.2) is 29.1 Å². The zero-order valence-electron chi connectivity index (χ0n) is 14.2. The van der Waals surface area contributed by atoms with Gasteiger partial charge in [-0.15, -0.1) is 0 Å². The predicted molar refractivity (Wildman–Crippen MR) is 96.0 cm³/mol. The third-order valence-corrected chi connectivity index (χ3v) is 5.12. The van der Waals surface area contributed by atoms with Crippen molar-refractivity contribution in [2.24, 2.45) is 5.92 Å². The molecule has 7 nitrogen and oxygen atoms in total. The Morgan fingerprint density at radius 1 is 1.24 bits per heavy atom. The molecule has 0 amide bonds. The van der Waals surface area contributed by atoms with Gasteiger partial charge in [-0.3, -0.25) is 14.7 Å². The van der Waals surface area contributed by atoms with Gasteiger partial charge in [-0.2, -0.15) is 0 Å². The average Bonchev–Trinajstić information content (AvgIpc) is 3.17. The topological polar surface area (TPSA) is 79.5 Å². The number of hydrogen-bond acceptors (Lipinski definition) is 6. The summed E-state index contributed by atoms with van der Waals surface area (Å²) in [5.41, 5.74) is 0.598. The van der Waals surface area contributed by atoms with Gasteiger partial charge in [-0.05, 0) is 18.6 Å². The Balaban J connectivity index is 1.51. The van der Waals surface area contributed by atoms with E-state index in [4.69, 9.17) is 9.47 Å². The fraction of sp³-hybridized carbons (Fsp3) is 0.556. The average molecular weight is 344 g/mol. The molecule has 2 fully saturated rings. The minimum Gasteiger partial charge on any atom is -0.381 e. The van der Waals surface area contributed by atoms with Gasteiger partial charge in [0.05, 0.1) is 30.7 Å². The summed E-state index contributed by atoms with van der Waals surface area (Å²) in [5, 5.41) is 3.96. The first-order chi connectivity index (χ1) is 12.3. The highest BCUT2D eigenvalue weighted by Gasteiger charge is 2.31. The van der Waals surface area contributed by atoms with Crippen molar-refractivity contribution in [3.63, 3.8) is 0 Å². The van der Waals surface area contributed by atoms with E-state index in [-0.39, 0.29) is 5.56 Å². The van der Waals surface area contributed by atoms with Crippen molar-refractivity contribution in [1.82, 2.24) is 14.9 Å². The summed E-state index contributed by atoms with van der Waals surface area (Å²) in [6.45, 7) is 5.77. The van der Waals surface area contributed by atoms with Crippen molar-refractivity contribution in [1.29, 1.82) is 0 Å². The zero-order valence-corrected chi connectivity index (χ0v) is 14.2. The quantitative estimate of drug-likeness (QED) is 0.845. The summed E-state index contributed by atoms with van der Waals surface area (Å²) < 4.78 is 11.1. The highest BCUT2D eigenvalue weighted by Crippen LogP contribution is 2.22. The predicted octanol–water partition coefficient (Wildman–Crippen LogP) is 1.07. The first-order valence-electron chi connectivity index (χ1n) is 8.94. The fourth-order valence-electron chi connectivity index (χ4n) is 3.73. The lowest BCUT2D eigenvalue weighted by atomic mass is 9.97. The molecule has 0 aliphatic carbocycles. The molecule has 0 radical (unpaired) electrons. The largest absolute Gasteiger partial charge is 0.381 e. The van der Waals surface area contributed by atoms with E-state index in [1.807, 2.05) is 18.2 Å². The van der Waals surface area contributed by atoms with Gasteiger partial charge in [0.1, 0.15) is 0 Å². The fourth-order valence-corrected chi connectivity index (χ4v) is 3.73. The number of ether oxygens (including phenoxy) is 2. The summed E-state index contributed by atoms with van der Waals surface area (Å²) in [6.07, 6.45) is 1.07. The van der Waals surface area contributed by atoms with Crippen molar-refractivity contribution in [3.8, 4) is 0 Å². The molecule has 1 aromatic heterocycles. The van der Waals surface area contributed by atoms with Gasteiger partial charge in [0.25, 0.3) is 5.56 Å². The van der Waals surface area contributed by atoms with E-state index in [0.717, 1.165) is 52.5 Å². The first-order valence-corrected chi connectivity index (χ1v) is 8.94. The van der Waals surface area contributed by atoms with Gasteiger partial charge >= 0.3 is 0 Å². The molecule has 2 aliphatic rings. The number of morpholine rings is 1. The molecule has 1 aromatic carbocycles. The highest BCUT2D eigenvalue weighted by molar-refractivity contribution is 5.78.